The minimum absolute atomic E-state index is 0.00566. The van der Waals surface area contributed by atoms with Crippen LogP contribution in [0, 0.1) is 0 Å². The number of hydrogen-bond donors (Lipinski definition) is 4. The van der Waals surface area contributed by atoms with Gasteiger partial charge in [0, 0.05) is 13.2 Å². The molecule has 2 aliphatic heterocycles. The van der Waals surface area contributed by atoms with Crippen LogP contribution in [-0.2, 0) is 12.8 Å². The summed E-state index contributed by atoms with van der Waals surface area (Å²) in [4.78, 5) is 78.4. The molecule has 3 aromatic carbocycles. The molecule has 4 amide bonds. The first kappa shape index (κ1) is 26.4. The molecule has 0 aliphatic carbocycles. The summed E-state index contributed by atoms with van der Waals surface area (Å²) in [6.07, 6.45) is -0.359. The summed E-state index contributed by atoms with van der Waals surface area (Å²) in [5, 5.41) is 38.0. The standard InChI is InChI=1S/C28H20N2O10/c31-10-8-15-17(27(37)38)4-6-19-21(15)25(35)29(23(19)33)13-2-1-3-14(12-13)30-24(34)20-7-5-18(28(39)40)16(9-11-32)22(20)26(30)36/h1-7,12,31-32H,8-11H2,(H,37,38)(H,39,40). The van der Waals surface area contributed by atoms with E-state index in [1.165, 1.54) is 48.5 Å². The molecule has 0 fully saturated rings. The van der Waals surface area contributed by atoms with Crippen molar-refractivity contribution >= 4 is 46.9 Å². The van der Waals surface area contributed by atoms with Crippen molar-refractivity contribution in [2.75, 3.05) is 23.0 Å². The number of anilines is 2. The highest BCUT2D eigenvalue weighted by Crippen LogP contribution is 2.37. The van der Waals surface area contributed by atoms with Crippen molar-refractivity contribution in [2.45, 2.75) is 12.8 Å². The molecule has 12 heteroatoms. The maximum Gasteiger partial charge on any atom is 0.335 e. The monoisotopic (exact) mass is 544 g/mol. The molecule has 3 aromatic rings. The average Bonchev–Trinajstić information content (AvgIpc) is 3.33. The summed E-state index contributed by atoms with van der Waals surface area (Å²) in [6, 6.07) is 10.3. The Bertz CT molecular complexity index is 1560. The number of imide groups is 2. The van der Waals surface area contributed by atoms with E-state index < -0.39 is 48.8 Å². The van der Waals surface area contributed by atoms with Crippen molar-refractivity contribution in [3.63, 3.8) is 0 Å². The molecule has 4 N–H and O–H groups in total. The largest absolute Gasteiger partial charge is 0.478 e. The lowest BCUT2D eigenvalue weighted by molar-refractivity contribution is 0.0684. The van der Waals surface area contributed by atoms with E-state index >= 15 is 0 Å². The summed E-state index contributed by atoms with van der Waals surface area (Å²) in [7, 11) is 0. The molecular formula is C28H20N2O10. The molecular weight excluding hydrogens is 524 g/mol. The summed E-state index contributed by atoms with van der Waals surface area (Å²) >= 11 is 0. The van der Waals surface area contributed by atoms with Gasteiger partial charge in [-0.1, -0.05) is 6.07 Å². The second-order valence-corrected chi connectivity index (χ2v) is 9.00. The molecule has 0 aromatic heterocycles. The molecule has 2 heterocycles. The van der Waals surface area contributed by atoms with Crippen molar-refractivity contribution in [3.8, 4) is 0 Å². The second-order valence-electron chi connectivity index (χ2n) is 9.00. The van der Waals surface area contributed by atoms with Gasteiger partial charge in [-0.15, -0.1) is 0 Å². The van der Waals surface area contributed by atoms with E-state index in [0.29, 0.717) is 0 Å². The maximum atomic E-state index is 13.4. The van der Waals surface area contributed by atoms with E-state index in [9.17, 15) is 49.2 Å². The Morgan fingerprint density at radius 2 is 1.00 bits per heavy atom. The fraction of sp³-hybridized carbons (Fsp3) is 0.143. The molecule has 0 atom stereocenters. The number of carboxylic acid groups (broad SMARTS) is 2. The quantitative estimate of drug-likeness (QED) is 0.304. The van der Waals surface area contributed by atoms with Gasteiger partial charge in [-0.3, -0.25) is 19.2 Å². The summed E-state index contributed by atoms with van der Waals surface area (Å²) < 4.78 is 0. The Hall–Kier alpha value is -5.20. The lowest BCUT2D eigenvalue weighted by atomic mass is 9.95. The van der Waals surface area contributed by atoms with Crippen LogP contribution >= 0.6 is 0 Å². The lowest BCUT2D eigenvalue weighted by Gasteiger charge is -2.19. The van der Waals surface area contributed by atoms with Gasteiger partial charge in [0.15, 0.2) is 0 Å². The van der Waals surface area contributed by atoms with E-state index in [4.69, 9.17) is 0 Å². The second kappa shape index (κ2) is 9.84. The van der Waals surface area contributed by atoms with Crippen molar-refractivity contribution in [3.05, 3.63) is 93.0 Å². The fourth-order valence-corrected chi connectivity index (χ4v) is 5.17. The molecule has 40 heavy (non-hydrogen) atoms. The predicted octanol–water partition coefficient (Wildman–Crippen LogP) is 1.75. The van der Waals surface area contributed by atoms with Gasteiger partial charge in [-0.25, -0.2) is 19.4 Å². The number of nitrogens with zero attached hydrogens (tertiary/aromatic N) is 2. The number of aliphatic hydroxyl groups excluding tert-OH is 2. The van der Waals surface area contributed by atoms with Gasteiger partial charge in [-0.05, 0) is 66.4 Å². The zero-order valence-electron chi connectivity index (χ0n) is 20.6. The lowest BCUT2D eigenvalue weighted by Crippen LogP contribution is -2.32. The van der Waals surface area contributed by atoms with E-state index in [-0.39, 0.29) is 68.7 Å². The van der Waals surface area contributed by atoms with E-state index in [0.717, 1.165) is 9.80 Å². The van der Waals surface area contributed by atoms with E-state index in [1.54, 1.807) is 0 Å². The first-order chi connectivity index (χ1) is 19.1. The predicted molar refractivity (Wildman–Crippen MR) is 137 cm³/mol. The Kier molecular flexibility index (Phi) is 6.49. The van der Waals surface area contributed by atoms with Crippen LogP contribution < -0.4 is 9.80 Å². The molecule has 0 radical (unpaired) electrons. The molecule has 0 saturated heterocycles. The maximum absolute atomic E-state index is 13.4. The van der Waals surface area contributed by atoms with Gasteiger partial charge in [0.05, 0.1) is 44.8 Å². The SMILES string of the molecule is O=C(O)c1ccc2c(c1CCO)C(=O)N(c1cccc(N3C(=O)c4ccc(C(=O)O)c(CCO)c4C3=O)c1)C2=O. The Morgan fingerprint density at radius 3 is 1.35 bits per heavy atom. The third-order valence-electron chi connectivity index (χ3n) is 6.86. The summed E-state index contributed by atoms with van der Waals surface area (Å²) in [5.74, 6) is -5.84. The van der Waals surface area contributed by atoms with Crippen molar-refractivity contribution in [1.29, 1.82) is 0 Å². The fourth-order valence-electron chi connectivity index (χ4n) is 5.17. The molecule has 0 spiro atoms. The van der Waals surface area contributed by atoms with Crippen LogP contribution in [0.15, 0.2) is 48.5 Å². The van der Waals surface area contributed by atoms with Crippen LogP contribution in [0.4, 0.5) is 11.4 Å². The number of benzene rings is 3. The third-order valence-corrected chi connectivity index (χ3v) is 6.86. The van der Waals surface area contributed by atoms with Gasteiger partial charge in [0.1, 0.15) is 0 Å². The molecule has 0 unspecified atom stereocenters. The number of carboxylic acids is 2. The zero-order valence-corrected chi connectivity index (χ0v) is 20.6. The van der Waals surface area contributed by atoms with Crippen LogP contribution in [0.2, 0.25) is 0 Å². The van der Waals surface area contributed by atoms with Crippen molar-refractivity contribution in [2.24, 2.45) is 0 Å². The van der Waals surface area contributed by atoms with Crippen LogP contribution in [-0.4, -0.2) is 69.2 Å². The van der Waals surface area contributed by atoms with Crippen LogP contribution in [0.3, 0.4) is 0 Å². The molecule has 12 nitrogen and oxygen atoms in total. The van der Waals surface area contributed by atoms with Crippen LogP contribution in [0.1, 0.15) is 73.3 Å². The third kappa shape index (κ3) is 3.85. The molecule has 2 aliphatic rings. The molecule has 202 valence electrons. The number of hydrogen-bond acceptors (Lipinski definition) is 8. The van der Waals surface area contributed by atoms with Gasteiger partial charge in [0.2, 0.25) is 0 Å². The number of fused-ring (bicyclic) bond motifs is 2. The minimum Gasteiger partial charge on any atom is -0.478 e. The highest BCUT2D eigenvalue weighted by molar-refractivity contribution is 6.37. The van der Waals surface area contributed by atoms with Crippen molar-refractivity contribution in [1.82, 2.24) is 0 Å². The average molecular weight is 544 g/mol. The van der Waals surface area contributed by atoms with Gasteiger partial charge in [-0.2, -0.15) is 0 Å². The first-order valence-electron chi connectivity index (χ1n) is 12.0. The molecule has 0 saturated carbocycles. The molecule has 0 bridgehead atoms. The number of carbonyl (C=O) groups is 6. The Balaban J connectivity index is 1.57. The first-order valence-corrected chi connectivity index (χ1v) is 12.0. The van der Waals surface area contributed by atoms with Crippen LogP contribution in [0.5, 0.6) is 0 Å². The van der Waals surface area contributed by atoms with E-state index in [1.807, 2.05) is 0 Å². The van der Waals surface area contributed by atoms with E-state index in [2.05, 4.69) is 0 Å². The number of amides is 4. The van der Waals surface area contributed by atoms with Crippen LogP contribution in [0.25, 0.3) is 0 Å². The normalized spacial score (nSPS) is 14.2. The number of aromatic carboxylic acids is 2. The Labute approximate surface area is 225 Å². The minimum atomic E-state index is -1.33. The molecule has 5 rings (SSSR count). The highest BCUT2D eigenvalue weighted by Gasteiger charge is 2.42. The zero-order chi connectivity index (χ0) is 28.9. The smallest absolute Gasteiger partial charge is 0.335 e. The topological polar surface area (TPSA) is 190 Å². The van der Waals surface area contributed by atoms with Gasteiger partial charge < -0.3 is 20.4 Å². The summed E-state index contributed by atoms with van der Waals surface area (Å²) in [5.41, 5.74) is -0.863. The highest BCUT2D eigenvalue weighted by atomic mass is 16.4. The number of aliphatic hydroxyl groups is 2. The number of rotatable bonds is 8. The number of carbonyl (C=O) groups excluding carboxylic acids is 4. The van der Waals surface area contributed by atoms with Gasteiger partial charge in [0.25, 0.3) is 23.6 Å². The summed E-state index contributed by atoms with van der Waals surface area (Å²) in [6.45, 7) is -0.926. The van der Waals surface area contributed by atoms with Crippen molar-refractivity contribution < 1.29 is 49.2 Å². The van der Waals surface area contributed by atoms with Gasteiger partial charge >= 0.3 is 11.9 Å². The Morgan fingerprint density at radius 1 is 0.600 bits per heavy atom.